The summed E-state index contributed by atoms with van der Waals surface area (Å²) < 4.78 is 5.32. The van der Waals surface area contributed by atoms with E-state index in [-0.39, 0.29) is 12.5 Å². The van der Waals surface area contributed by atoms with Gasteiger partial charge in [0.2, 0.25) is 11.8 Å². The molecule has 1 fully saturated rings. The molecule has 0 bridgehead atoms. The van der Waals surface area contributed by atoms with Crippen molar-refractivity contribution in [2.75, 3.05) is 0 Å². The highest BCUT2D eigenvalue weighted by Gasteiger charge is 2.48. The molecule has 0 unspecified atom stereocenters. The maximum atomic E-state index is 11.5. The molecule has 6 nitrogen and oxygen atoms in total. The lowest BCUT2D eigenvalue weighted by Gasteiger charge is -2.00. The van der Waals surface area contributed by atoms with Gasteiger partial charge in [0.1, 0.15) is 5.76 Å². The summed E-state index contributed by atoms with van der Waals surface area (Å²) in [6.45, 7) is 2.16. The predicted octanol–water partition coefficient (Wildman–Crippen LogP) is 0.574. The van der Waals surface area contributed by atoms with Crippen LogP contribution in [0.1, 0.15) is 25.0 Å². The summed E-state index contributed by atoms with van der Waals surface area (Å²) in [5, 5.41) is 11.3. The van der Waals surface area contributed by atoms with Crippen molar-refractivity contribution in [3.63, 3.8) is 0 Å². The Hall–Kier alpha value is -1.85. The summed E-state index contributed by atoms with van der Waals surface area (Å²) in [5.74, 6) is -0.853. The number of nitrogens with zero attached hydrogens (tertiary/aromatic N) is 1. The molecule has 0 saturated heterocycles. The summed E-state index contributed by atoms with van der Waals surface area (Å²) in [7, 11) is 0. The second kappa shape index (κ2) is 4.57. The average Bonchev–Trinajstić information content (AvgIpc) is 2.99. The van der Waals surface area contributed by atoms with E-state index in [1.54, 1.807) is 6.20 Å². The highest BCUT2D eigenvalue weighted by molar-refractivity contribution is 5.89. The Balaban J connectivity index is 1.79. The summed E-state index contributed by atoms with van der Waals surface area (Å²) >= 11 is 0. The Morgan fingerprint density at radius 3 is 2.88 bits per heavy atom. The van der Waals surface area contributed by atoms with E-state index in [1.807, 2.05) is 6.92 Å². The fourth-order valence-electron chi connectivity index (χ4n) is 1.64. The number of aryl methyl sites for hydroxylation is 1. The maximum Gasteiger partial charge on any atom is 0.307 e. The van der Waals surface area contributed by atoms with E-state index in [2.05, 4.69) is 10.3 Å². The number of oxazole rings is 1. The third-order valence-electron chi connectivity index (χ3n) is 2.81. The smallest absolute Gasteiger partial charge is 0.307 e. The molecule has 0 aromatic carbocycles. The number of amides is 1. The Morgan fingerprint density at radius 1 is 1.59 bits per heavy atom. The zero-order valence-corrected chi connectivity index (χ0v) is 9.47. The maximum absolute atomic E-state index is 11.5. The van der Waals surface area contributed by atoms with Gasteiger partial charge in [0.25, 0.3) is 0 Å². The highest BCUT2D eigenvalue weighted by atomic mass is 16.4. The van der Waals surface area contributed by atoms with Crippen LogP contribution < -0.4 is 5.32 Å². The molecule has 2 rings (SSSR count). The van der Waals surface area contributed by atoms with Gasteiger partial charge in [-0.05, 0) is 6.42 Å². The van der Waals surface area contributed by atoms with Crippen LogP contribution in [0.4, 0.5) is 0 Å². The van der Waals surface area contributed by atoms with Crippen LogP contribution >= 0.6 is 0 Å². The van der Waals surface area contributed by atoms with Crippen molar-refractivity contribution in [3.8, 4) is 0 Å². The molecular formula is C11H14N2O4. The van der Waals surface area contributed by atoms with E-state index in [4.69, 9.17) is 9.52 Å². The Kier molecular flexibility index (Phi) is 3.12. The quantitative estimate of drug-likeness (QED) is 0.782. The Labute approximate surface area is 98.0 Å². The Morgan fingerprint density at radius 2 is 2.35 bits per heavy atom. The van der Waals surface area contributed by atoms with Crippen molar-refractivity contribution in [2.45, 2.75) is 26.3 Å². The second-order valence-corrected chi connectivity index (χ2v) is 4.08. The van der Waals surface area contributed by atoms with E-state index in [9.17, 15) is 9.59 Å². The molecule has 1 aliphatic carbocycles. The third-order valence-corrected chi connectivity index (χ3v) is 2.81. The van der Waals surface area contributed by atoms with Gasteiger partial charge in [0.15, 0.2) is 0 Å². The van der Waals surface area contributed by atoms with Gasteiger partial charge in [0.05, 0.1) is 24.6 Å². The van der Waals surface area contributed by atoms with Crippen LogP contribution in [0.25, 0.3) is 0 Å². The molecule has 17 heavy (non-hydrogen) atoms. The number of carbonyl (C=O) groups is 2. The molecule has 0 aliphatic heterocycles. The first-order valence-electron chi connectivity index (χ1n) is 5.56. The first-order chi connectivity index (χ1) is 8.11. The number of aliphatic carboxylic acids is 1. The minimum atomic E-state index is -0.908. The summed E-state index contributed by atoms with van der Waals surface area (Å²) in [6, 6.07) is 0. The zero-order chi connectivity index (χ0) is 12.4. The van der Waals surface area contributed by atoms with Crippen molar-refractivity contribution in [1.82, 2.24) is 10.3 Å². The molecule has 1 amide bonds. The van der Waals surface area contributed by atoms with Crippen molar-refractivity contribution in [1.29, 1.82) is 0 Å². The molecule has 1 saturated carbocycles. The van der Waals surface area contributed by atoms with Crippen LogP contribution in [0.2, 0.25) is 0 Å². The monoisotopic (exact) mass is 238 g/mol. The van der Waals surface area contributed by atoms with Gasteiger partial charge in [-0.2, -0.15) is 0 Å². The number of hydrogen-bond donors (Lipinski definition) is 2. The molecule has 1 aromatic heterocycles. The number of rotatable bonds is 5. The van der Waals surface area contributed by atoms with E-state index in [1.165, 1.54) is 0 Å². The Bertz CT molecular complexity index is 440. The largest absolute Gasteiger partial charge is 0.481 e. The van der Waals surface area contributed by atoms with Gasteiger partial charge in [-0.3, -0.25) is 9.59 Å². The lowest BCUT2D eigenvalue weighted by Crippen LogP contribution is -2.26. The molecule has 0 radical (unpaired) electrons. The van der Waals surface area contributed by atoms with Crippen LogP contribution in [-0.2, 0) is 22.6 Å². The normalized spacial score (nSPS) is 22.2. The third kappa shape index (κ3) is 2.64. The van der Waals surface area contributed by atoms with Gasteiger partial charge in [-0.25, -0.2) is 4.98 Å². The summed E-state index contributed by atoms with van der Waals surface area (Å²) in [5.41, 5.74) is 0. The van der Waals surface area contributed by atoms with Crippen molar-refractivity contribution in [3.05, 3.63) is 17.8 Å². The number of hydrogen-bond acceptors (Lipinski definition) is 4. The summed E-state index contributed by atoms with van der Waals surface area (Å²) in [6.07, 6.45) is 2.80. The minimum absolute atomic E-state index is 0.210. The van der Waals surface area contributed by atoms with Crippen LogP contribution in [0, 0.1) is 11.8 Å². The molecule has 2 atom stereocenters. The molecule has 92 valence electrons. The van der Waals surface area contributed by atoms with Crippen molar-refractivity contribution in [2.24, 2.45) is 11.8 Å². The van der Waals surface area contributed by atoms with Gasteiger partial charge in [-0.1, -0.05) is 6.92 Å². The fourth-order valence-corrected chi connectivity index (χ4v) is 1.64. The number of carbonyl (C=O) groups excluding carboxylic acids is 1. The van der Waals surface area contributed by atoms with E-state index < -0.39 is 17.8 Å². The topological polar surface area (TPSA) is 92.4 Å². The first-order valence-corrected chi connectivity index (χ1v) is 5.56. The average molecular weight is 238 g/mol. The number of carboxylic acids is 1. The van der Waals surface area contributed by atoms with Gasteiger partial charge in [-0.15, -0.1) is 0 Å². The lowest BCUT2D eigenvalue weighted by molar-refractivity contribution is -0.140. The first kappa shape index (κ1) is 11.6. The van der Waals surface area contributed by atoms with Crippen LogP contribution in [0.5, 0.6) is 0 Å². The van der Waals surface area contributed by atoms with Crippen LogP contribution in [-0.4, -0.2) is 22.0 Å². The molecule has 0 spiro atoms. The van der Waals surface area contributed by atoms with Gasteiger partial charge >= 0.3 is 5.97 Å². The van der Waals surface area contributed by atoms with Crippen molar-refractivity contribution >= 4 is 11.9 Å². The zero-order valence-electron chi connectivity index (χ0n) is 9.47. The van der Waals surface area contributed by atoms with Gasteiger partial charge in [0, 0.05) is 6.42 Å². The molecule has 6 heteroatoms. The molecule has 1 heterocycles. The standard InChI is InChI=1S/C11H14N2O4/c1-2-6-4-12-9(17-6)5-13-10(14)7-3-8(7)11(15)16/h4,7-8H,2-3,5H2,1H3,(H,13,14)(H,15,16)/t7-,8+/m1/s1. The SMILES string of the molecule is CCc1cnc(CNC(=O)[C@@H]2C[C@@H]2C(=O)O)o1. The van der Waals surface area contributed by atoms with Gasteiger partial charge < -0.3 is 14.8 Å². The molecule has 1 aliphatic rings. The minimum Gasteiger partial charge on any atom is -0.481 e. The summed E-state index contributed by atoms with van der Waals surface area (Å²) in [4.78, 5) is 26.1. The highest BCUT2D eigenvalue weighted by Crippen LogP contribution is 2.38. The number of aromatic nitrogens is 1. The van der Waals surface area contributed by atoms with Crippen LogP contribution in [0.15, 0.2) is 10.6 Å². The predicted molar refractivity (Wildman–Crippen MR) is 57.0 cm³/mol. The van der Waals surface area contributed by atoms with E-state index in [0.717, 1.165) is 12.2 Å². The van der Waals surface area contributed by atoms with Crippen molar-refractivity contribution < 1.29 is 19.1 Å². The molecular weight excluding hydrogens is 224 g/mol. The lowest BCUT2D eigenvalue weighted by atomic mass is 10.3. The van der Waals surface area contributed by atoms with Crippen LogP contribution in [0.3, 0.4) is 0 Å². The number of nitrogens with one attached hydrogen (secondary N) is 1. The van der Waals surface area contributed by atoms with E-state index in [0.29, 0.717) is 12.3 Å². The molecule has 1 aromatic rings. The molecule has 2 N–H and O–H groups in total. The fraction of sp³-hybridized carbons (Fsp3) is 0.545. The number of carboxylic acid groups (broad SMARTS) is 1. The second-order valence-electron chi connectivity index (χ2n) is 4.08. The van der Waals surface area contributed by atoms with E-state index >= 15 is 0 Å².